The molecule has 0 radical (unpaired) electrons. The zero-order valence-corrected chi connectivity index (χ0v) is 15.3. The smallest absolute Gasteiger partial charge is 0.272 e. The summed E-state index contributed by atoms with van der Waals surface area (Å²) in [5.41, 5.74) is 5.87. The topological polar surface area (TPSA) is 102 Å². The van der Waals surface area contributed by atoms with E-state index in [-0.39, 0.29) is 18.1 Å². The van der Waals surface area contributed by atoms with Crippen LogP contribution in [0.5, 0.6) is 0 Å². The summed E-state index contributed by atoms with van der Waals surface area (Å²) in [6.45, 7) is 5.28. The predicted octanol–water partition coefficient (Wildman–Crippen LogP) is 3.10. The van der Waals surface area contributed by atoms with Crippen molar-refractivity contribution in [1.29, 1.82) is 0 Å². The van der Waals surface area contributed by atoms with Crippen molar-refractivity contribution in [1.82, 2.24) is 15.0 Å². The second kappa shape index (κ2) is 7.36. The van der Waals surface area contributed by atoms with Gasteiger partial charge in [0, 0.05) is 17.2 Å². The molecule has 27 heavy (non-hydrogen) atoms. The number of hydrazone groups is 1. The van der Waals surface area contributed by atoms with Crippen molar-refractivity contribution in [2.24, 2.45) is 5.10 Å². The Bertz CT molecular complexity index is 1070. The number of hydrogen-bond donors (Lipinski definition) is 1. The first-order chi connectivity index (χ1) is 12.9. The van der Waals surface area contributed by atoms with Crippen molar-refractivity contribution >= 4 is 28.3 Å². The van der Waals surface area contributed by atoms with E-state index in [9.17, 15) is 14.9 Å². The van der Waals surface area contributed by atoms with Gasteiger partial charge in [-0.3, -0.25) is 14.9 Å². The number of benzene rings is 2. The van der Waals surface area contributed by atoms with E-state index >= 15 is 0 Å². The monoisotopic (exact) mass is 365 g/mol. The Kier molecular flexibility index (Phi) is 4.98. The first kappa shape index (κ1) is 18.2. The van der Waals surface area contributed by atoms with Gasteiger partial charge in [0.05, 0.1) is 21.7 Å². The van der Waals surface area contributed by atoms with Crippen LogP contribution in [0.15, 0.2) is 47.6 Å². The quantitative estimate of drug-likeness (QED) is 0.426. The Morgan fingerprint density at radius 3 is 2.74 bits per heavy atom. The average molecular weight is 365 g/mol. The number of nitro groups is 1. The molecule has 3 rings (SSSR count). The van der Waals surface area contributed by atoms with E-state index in [0.717, 1.165) is 16.9 Å². The standard InChI is InChI=1S/C19H19N5O3/c1-12-8-9-15(10-18(12)24(26)27)13(2)21-22-19(25)11-23-14(3)20-16-6-4-5-7-17(16)23/h4-10H,11H2,1-3H3,(H,22,25)/b21-13-. The third kappa shape index (κ3) is 3.84. The molecule has 3 aromatic rings. The van der Waals surface area contributed by atoms with Gasteiger partial charge in [-0.15, -0.1) is 0 Å². The summed E-state index contributed by atoms with van der Waals surface area (Å²) in [7, 11) is 0. The largest absolute Gasteiger partial charge is 0.319 e. The molecule has 0 saturated carbocycles. The first-order valence-corrected chi connectivity index (χ1v) is 8.37. The molecule has 8 nitrogen and oxygen atoms in total. The molecule has 0 aliphatic rings. The molecule has 0 spiro atoms. The van der Waals surface area contributed by atoms with Crippen LogP contribution in [0.1, 0.15) is 23.9 Å². The number of aromatic nitrogens is 2. The minimum Gasteiger partial charge on any atom is -0.319 e. The molecule has 0 saturated heterocycles. The number of carbonyl (C=O) groups is 1. The van der Waals surface area contributed by atoms with Crippen LogP contribution in [0.2, 0.25) is 0 Å². The molecule has 0 aliphatic heterocycles. The molecule has 0 fully saturated rings. The number of nitrogens with zero attached hydrogens (tertiary/aromatic N) is 4. The number of para-hydroxylation sites is 2. The summed E-state index contributed by atoms with van der Waals surface area (Å²) in [5, 5.41) is 15.1. The lowest BCUT2D eigenvalue weighted by atomic mass is 10.1. The van der Waals surface area contributed by atoms with Gasteiger partial charge in [-0.2, -0.15) is 5.10 Å². The highest BCUT2D eigenvalue weighted by Crippen LogP contribution is 2.19. The highest BCUT2D eigenvalue weighted by molar-refractivity contribution is 5.99. The molecule has 0 unspecified atom stereocenters. The zero-order valence-electron chi connectivity index (χ0n) is 15.3. The molecule has 2 aromatic carbocycles. The maximum Gasteiger partial charge on any atom is 0.272 e. The first-order valence-electron chi connectivity index (χ1n) is 8.37. The molecule has 1 amide bonds. The minimum atomic E-state index is -0.433. The van der Waals surface area contributed by atoms with Crippen molar-refractivity contribution in [3.05, 3.63) is 69.5 Å². The molecule has 0 atom stereocenters. The van der Waals surface area contributed by atoms with E-state index < -0.39 is 4.92 Å². The number of carbonyl (C=O) groups excluding carboxylic acids is 1. The van der Waals surface area contributed by atoms with Gasteiger partial charge in [0.1, 0.15) is 12.4 Å². The van der Waals surface area contributed by atoms with E-state index in [1.54, 1.807) is 26.0 Å². The van der Waals surface area contributed by atoms with Gasteiger partial charge in [0.15, 0.2) is 0 Å². The van der Waals surface area contributed by atoms with Gasteiger partial charge in [0.2, 0.25) is 0 Å². The van der Waals surface area contributed by atoms with Crippen molar-refractivity contribution in [2.45, 2.75) is 27.3 Å². The summed E-state index contributed by atoms with van der Waals surface area (Å²) in [4.78, 5) is 27.4. The lowest BCUT2D eigenvalue weighted by molar-refractivity contribution is -0.385. The molecular weight excluding hydrogens is 346 g/mol. The van der Waals surface area contributed by atoms with Crippen LogP contribution >= 0.6 is 0 Å². The SMILES string of the molecule is C/C(=N/NC(=O)Cn1c(C)nc2ccccc21)c1ccc(C)c([N+](=O)[O-])c1. The summed E-state index contributed by atoms with van der Waals surface area (Å²) in [6, 6.07) is 12.4. The third-order valence-electron chi connectivity index (χ3n) is 4.32. The second-order valence-electron chi connectivity index (χ2n) is 6.22. The number of nitrogens with one attached hydrogen (secondary N) is 1. The Labute approximate surface area is 155 Å². The predicted molar refractivity (Wildman–Crippen MR) is 103 cm³/mol. The summed E-state index contributed by atoms with van der Waals surface area (Å²) in [6.07, 6.45) is 0. The maximum absolute atomic E-state index is 12.3. The van der Waals surface area contributed by atoms with E-state index in [4.69, 9.17) is 0 Å². The fraction of sp³-hybridized carbons (Fsp3) is 0.211. The molecule has 1 aromatic heterocycles. The average Bonchev–Trinajstić information content (AvgIpc) is 2.95. The molecule has 0 bridgehead atoms. The molecular formula is C19H19N5O3. The molecule has 138 valence electrons. The van der Waals surface area contributed by atoms with Crippen LogP contribution in [0.4, 0.5) is 5.69 Å². The lowest BCUT2D eigenvalue weighted by Gasteiger charge is -2.07. The number of imidazole rings is 1. The number of rotatable bonds is 5. The van der Waals surface area contributed by atoms with Crippen molar-refractivity contribution in [2.75, 3.05) is 0 Å². The highest BCUT2D eigenvalue weighted by Gasteiger charge is 2.13. The van der Waals surface area contributed by atoms with Gasteiger partial charge < -0.3 is 4.57 Å². The maximum atomic E-state index is 12.3. The molecule has 0 aliphatic carbocycles. The van der Waals surface area contributed by atoms with E-state index in [1.165, 1.54) is 6.07 Å². The van der Waals surface area contributed by atoms with Crippen LogP contribution < -0.4 is 5.43 Å². The van der Waals surface area contributed by atoms with E-state index in [2.05, 4.69) is 15.5 Å². The summed E-state index contributed by atoms with van der Waals surface area (Å²) in [5.74, 6) is 0.434. The van der Waals surface area contributed by atoms with Gasteiger partial charge in [-0.1, -0.05) is 24.3 Å². The van der Waals surface area contributed by atoms with Gasteiger partial charge in [0.25, 0.3) is 11.6 Å². The highest BCUT2D eigenvalue weighted by atomic mass is 16.6. The fourth-order valence-electron chi connectivity index (χ4n) is 2.82. The van der Waals surface area contributed by atoms with Crippen LogP contribution in [0.25, 0.3) is 11.0 Å². The van der Waals surface area contributed by atoms with Crippen molar-refractivity contribution < 1.29 is 9.72 Å². The number of hydrogen-bond acceptors (Lipinski definition) is 5. The normalized spacial score (nSPS) is 11.6. The van der Waals surface area contributed by atoms with Crippen LogP contribution in [0, 0.1) is 24.0 Å². The van der Waals surface area contributed by atoms with E-state index in [0.29, 0.717) is 16.8 Å². The number of aryl methyl sites for hydroxylation is 2. The Hall–Kier alpha value is -3.55. The summed E-state index contributed by atoms with van der Waals surface area (Å²) < 4.78 is 1.81. The van der Waals surface area contributed by atoms with Gasteiger partial charge in [-0.05, 0) is 32.9 Å². The fourth-order valence-corrected chi connectivity index (χ4v) is 2.82. The Morgan fingerprint density at radius 1 is 1.26 bits per heavy atom. The van der Waals surface area contributed by atoms with Gasteiger partial charge >= 0.3 is 0 Å². The molecule has 8 heteroatoms. The molecule has 1 N–H and O–H groups in total. The number of amides is 1. The van der Waals surface area contributed by atoms with Crippen LogP contribution in [-0.2, 0) is 11.3 Å². The molecule has 1 heterocycles. The number of fused-ring (bicyclic) bond motifs is 1. The third-order valence-corrected chi connectivity index (χ3v) is 4.32. The van der Waals surface area contributed by atoms with Gasteiger partial charge in [-0.25, -0.2) is 10.4 Å². The Balaban J connectivity index is 1.75. The number of nitro benzene ring substituents is 1. The van der Waals surface area contributed by atoms with Crippen molar-refractivity contribution in [3.63, 3.8) is 0 Å². The van der Waals surface area contributed by atoms with E-state index in [1.807, 2.05) is 35.8 Å². The minimum absolute atomic E-state index is 0.0221. The van der Waals surface area contributed by atoms with Crippen LogP contribution in [0.3, 0.4) is 0 Å². The zero-order chi connectivity index (χ0) is 19.6. The van der Waals surface area contributed by atoms with Crippen LogP contribution in [-0.4, -0.2) is 26.1 Å². The van der Waals surface area contributed by atoms with Crippen molar-refractivity contribution in [3.8, 4) is 0 Å². The lowest BCUT2D eigenvalue weighted by Crippen LogP contribution is -2.24. The summed E-state index contributed by atoms with van der Waals surface area (Å²) >= 11 is 0. The Morgan fingerprint density at radius 2 is 2.00 bits per heavy atom. The second-order valence-corrected chi connectivity index (χ2v) is 6.22.